The Morgan fingerprint density at radius 1 is 1.05 bits per heavy atom. The summed E-state index contributed by atoms with van der Waals surface area (Å²) in [7, 11) is 0. The maximum absolute atomic E-state index is 11.8. The van der Waals surface area contributed by atoms with Crippen LogP contribution in [-0.4, -0.2) is 15.0 Å². The van der Waals surface area contributed by atoms with Crippen molar-refractivity contribution in [1.82, 2.24) is 15.0 Å². The molecule has 0 radical (unpaired) electrons. The lowest BCUT2D eigenvalue weighted by atomic mass is 10.1. The second-order valence-corrected chi connectivity index (χ2v) is 4.41. The van der Waals surface area contributed by atoms with Crippen LogP contribution in [0.3, 0.4) is 0 Å². The van der Waals surface area contributed by atoms with Crippen molar-refractivity contribution in [2.45, 2.75) is 0 Å². The Labute approximate surface area is 120 Å². The minimum atomic E-state index is -0.335. The molecule has 21 heavy (non-hydrogen) atoms. The first-order valence-corrected chi connectivity index (χ1v) is 6.28. The van der Waals surface area contributed by atoms with Gasteiger partial charge in [0.25, 0.3) is 5.56 Å². The lowest BCUT2D eigenvalue weighted by Gasteiger charge is -2.05. The number of nitriles is 1. The zero-order valence-corrected chi connectivity index (χ0v) is 10.9. The molecule has 5 nitrogen and oxygen atoms in total. The first kappa shape index (κ1) is 12.8. The standard InChI is InChI=1S/C16H10N4O/c17-10-11-2-1-3-13(8-11)16-19-14(9-15(21)20-16)12-4-6-18-7-5-12/h1-9H,(H,19,20,21). The predicted molar refractivity (Wildman–Crippen MR) is 78.2 cm³/mol. The molecule has 0 aliphatic carbocycles. The first-order chi connectivity index (χ1) is 10.3. The summed E-state index contributed by atoms with van der Waals surface area (Å²) in [6, 6.07) is 14.1. The van der Waals surface area contributed by atoms with Crippen molar-refractivity contribution in [2.24, 2.45) is 0 Å². The van der Waals surface area contributed by atoms with E-state index in [0.717, 1.165) is 5.56 Å². The number of nitrogens with one attached hydrogen (secondary N) is 1. The van der Waals surface area contributed by atoms with E-state index in [-0.39, 0.29) is 5.56 Å². The quantitative estimate of drug-likeness (QED) is 0.777. The number of benzene rings is 1. The number of hydrogen-bond acceptors (Lipinski definition) is 4. The van der Waals surface area contributed by atoms with Gasteiger partial charge in [-0.05, 0) is 24.3 Å². The molecule has 2 aromatic heterocycles. The van der Waals surface area contributed by atoms with E-state index >= 15 is 0 Å². The van der Waals surface area contributed by atoms with Gasteiger partial charge in [0.1, 0.15) is 5.82 Å². The highest BCUT2D eigenvalue weighted by atomic mass is 16.1. The van der Waals surface area contributed by atoms with Gasteiger partial charge in [-0.3, -0.25) is 9.78 Å². The fourth-order valence-corrected chi connectivity index (χ4v) is 2.02. The number of nitrogens with zero attached hydrogens (tertiary/aromatic N) is 3. The maximum atomic E-state index is 11.8. The summed E-state index contributed by atoms with van der Waals surface area (Å²) in [5.41, 5.74) is 2.39. The molecule has 0 saturated heterocycles. The Balaban J connectivity index is 2.14. The van der Waals surface area contributed by atoms with Crippen molar-refractivity contribution in [2.75, 3.05) is 0 Å². The molecule has 100 valence electrons. The van der Waals surface area contributed by atoms with E-state index < -0.39 is 0 Å². The van der Waals surface area contributed by atoms with E-state index in [2.05, 4.69) is 21.0 Å². The molecule has 0 aliphatic rings. The van der Waals surface area contributed by atoms with Gasteiger partial charge in [0, 0.05) is 29.6 Å². The molecular weight excluding hydrogens is 264 g/mol. The third-order valence-corrected chi connectivity index (χ3v) is 3.00. The van der Waals surface area contributed by atoms with Crippen LogP contribution in [-0.2, 0) is 0 Å². The molecule has 3 rings (SSSR count). The molecule has 5 heteroatoms. The van der Waals surface area contributed by atoms with Crippen LogP contribution in [0.25, 0.3) is 22.6 Å². The van der Waals surface area contributed by atoms with Crippen LogP contribution in [0.2, 0.25) is 0 Å². The van der Waals surface area contributed by atoms with Gasteiger partial charge in [-0.1, -0.05) is 12.1 Å². The Morgan fingerprint density at radius 2 is 1.86 bits per heavy atom. The molecule has 0 unspecified atom stereocenters. The fourth-order valence-electron chi connectivity index (χ4n) is 2.02. The molecule has 0 amide bonds. The van der Waals surface area contributed by atoms with Crippen molar-refractivity contribution in [3.63, 3.8) is 0 Å². The van der Waals surface area contributed by atoms with Crippen LogP contribution >= 0.6 is 0 Å². The van der Waals surface area contributed by atoms with E-state index in [0.29, 0.717) is 22.6 Å². The van der Waals surface area contributed by atoms with E-state index in [9.17, 15) is 4.79 Å². The lowest BCUT2D eigenvalue weighted by Crippen LogP contribution is -2.08. The first-order valence-electron chi connectivity index (χ1n) is 6.28. The summed E-state index contributed by atoms with van der Waals surface area (Å²) in [4.78, 5) is 22.8. The van der Waals surface area contributed by atoms with Crippen molar-refractivity contribution < 1.29 is 0 Å². The molecule has 0 saturated carbocycles. The summed E-state index contributed by atoms with van der Waals surface area (Å²) in [5.74, 6) is 0.436. The van der Waals surface area contributed by atoms with E-state index in [4.69, 9.17) is 5.26 Å². The zero-order valence-electron chi connectivity index (χ0n) is 10.9. The van der Waals surface area contributed by atoms with Crippen LogP contribution in [0.5, 0.6) is 0 Å². The number of aromatic amines is 1. The van der Waals surface area contributed by atoms with Gasteiger partial charge >= 0.3 is 0 Å². The van der Waals surface area contributed by atoms with Crippen LogP contribution in [0.1, 0.15) is 5.56 Å². The van der Waals surface area contributed by atoms with Gasteiger partial charge in [-0.2, -0.15) is 10.2 Å². The topological polar surface area (TPSA) is 82.4 Å². The minimum absolute atomic E-state index is 0.335. The third-order valence-electron chi connectivity index (χ3n) is 3.00. The number of aromatic nitrogens is 3. The second kappa shape index (κ2) is 5.39. The van der Waals surface area contributed by atoms with Crippen LogP contribution in [0.15, 0.2) is 59.7 Å². The molecule has 0 atom stereocenters. The Morgan fingerprint density at radius 3 is 2.62 bits per heavy atom. The fraction of sp³-hybridized carbons (Fsp3) is 0. The highest BCUT2D eigenvalue weighted by Gasteiger charge is 2.06. The van der Waals surface area contributed by atoms with Crippen molar-refractivity contribution in [1.29, 1.82) is 5.26 Å². The second-order valence-electron chi connectivity index (χ2n) is 4.41. The third kappa shape index (κ3) is 2.69. The smallest absolute Gasteiger partial charge is 0.273 e. The van der Waals surface area contributed by atoms with Crippen LogP contribution in [0.4, 0.5) is 0 Å². The van der Waals surface area contributed by atoms with Crippen molar-refractivity contribution >= 4 is 0 Å². The van der Waals surface area contributed by atoms with E-state index in [1.54, 1.807) is 48.8 Å². The van der Waals surface area contributed by atoms with Gasteiger partial charge in [0.2, 0.25) is 0 Å². The highest BCUT2D eigenvalue weighted by Crippen LogP contribution is 2.19. The Bertz CT molecular complexity index is 879. The van der Waals surface area contributed by atoms with Gasteiger partial charge in [-0.25, -0.2) is 0 Å². The highest BCUT2D eigenvalue weighted by molar-refractivity contribution is 5.63. The Hall–Kier alpha value is -3.26. The van der Waals surface area contributed by atoms with Crippen LogP contribution in [0, 0.1) is 11.3 Å². The number of H-pyrrole nitrogens is 1. The molecule has 3 aromatic rings. The summed E-state index contributed by atoms with van der Waals surface area (Å²) in [6.45, 7) is 0. The predicted octanol–water partition coefficient (Wildman–Crippen LogP) is 2.37. The maximum Gasteiger partial charge on any atom is 0.273 e. The summed E-state index contributed by atoms with van der Waals surface area (Å²) in [5, 5.41) is 8.95. The van der Waals surface area contributed by atoms with Gasteiger partial charge in [0.05, 0.1) is 17.3 Å². The van der Waals surface area contributed by atoms with Gasteiger partial charge < -0.3 is 4.98 Å². The average Bonchev–Trinajstić information content (AvgIpc) is 2.55. The van der Waals surface area contributed by atoms with E-state index in [1.807, 2.05) is 0 Å². The SMILES string of the molecule is N#Cc1cccc(-c2nc(=O)cc(-c3ccncc3)[nH]2)c1. The molecule has 1 N–H and O–H groups in total. The molecule has 2 heterocycles. The molecular formula is C16H10N4O. The normalized spacial score (nSPS) is 10.0. The number of pyridine rings is 1. The van der Waals surface area contributed by atoms with Crippen molar-refractivity contribution in [3.8, 4) is 28.7 Å². The van der Waals surface area contributed by atoms with Crippen molar-refractivity contribution in [3.05, 3.63) is 70.8 Å². The Kier molecular flexibility index (Phi) is 3.27. The molecule has 0 bridgehead atoms. The summed E-state index contributed by atoms with van der Waals surface area (Å²) < 4.78 is 0. The monoisotopic (exact) mass is 274 g/mol. The van der Waals surface area contributed by atoms with Gasteiger partial charge in [0.15, 0.2) is 0 Å². The lowest BCUT2D eigenvalue weighted by molar-refractivity contribution is 1.13. The van der Waals surface area contributed by atoms with Gasteiger partial charge in [-0.15, -0.1) is 0 Å². The zero-order chi connectivity index (χ0) is 14.7. The molecule has 0 spiro atoms. The summed E-state index contributed by atoms with van der Waals surface area (Å²) in [6.07, 6.45) is 3.31. The average molecular weight is 274 g/mol. The minimum Gasteiger partial charge on any atom is -0.339 e. The number of hydrogen-bond donors (Lipinski definition) is 1. The number of rotatable bonds is 2. The molecule has 0 aliphatic heterocycles. The molecule has 0 fully saturated rings. The van der Waals surface area contributed by atoms with Crippen LogP contribution < -0.4 is 5.56 Å². The molecule has 1 aromatic carbocycles. The van der Waals surface area contributed by atoms with E-state index in [1.165, 1.54) is 6.07 Å². The largest absolute Gasteiger partial charge is 0.339 e. The summed E-state index contributed by atoms with van der Waals surface area (Å²) >= 11 is 0.